The molecule has 2 unspecified atom stereocenters. The highest BCUT2D eigenvalue weighted by molar-refractivity contribution is 6.28. The summed E-state index contributed by atoms with van der Waals surface area (Å²) in [6.07, 6.45) is -1.66. The van der Waals surface area contributed by atoms with Gasteiger partial charge in [-0.05, 0) is 74.5 Å². The summed E-state index contributed by atoms with van der Waals surface area (Å²) in [6.45, 7) is 3.52. The average Bonchev–Trinajstić information content (AvgIpc) is 3.21. The Bertz CT molecular complexity index is 1160. The van der Waals surface area contributed by atoms with Gasteiger partial charge in [0.05, 0.1) is 30.4 Å². The Morgan fingerprint density at radius 3 is 2.71 bits per heavy atom. The number of carbonyl (C=O) groups excluding carboxylic acids is 1. The van der Waals surface area contributed by atoms with Crippen molar-refractivity contribution in [3.05, 3.63) is 45.9 Å². The van der Waals surface area contributed by atoms with Crippen LogP contribution in [0.5, 0.6) is 0 Å². The largest absolute Gasteiger partial charge is 0.416 e. The van der Waals surface area contributed by atoms with Gasteiger partial charge in [-0.25, -0.2) is 9.97 Å². The van der Waals surface area contributed by atoms with Crippen LogP contribution in [0.3, 0.4) is 0 Å². The zero-order chi connectivity index (χ0) is 25.1. The first-order valence-corrected chi connectivity index (χ1v) is 12.2. The summed E-state index contributed by atoms with van der Waals surface area (Å²) in [5.74, 6) is 1.22. The molecule has 1 amide bonds. The third kappa shape index (κ3) is 4.65. The molecule has 3 heterocycles. The highest BCUT2D eigenvalue weighted by Crippen LogP contribution is 2.41. The Balaban J connectivity index is 1.33. The van der Waals surface area contributed by atoms with E-state index in [1.54, 1.807) is 11.8 Å². The predicted octanol–water partition coefficient (Wildman–Crippen LogP) is 4.48. The molecule has 1 aromatic carbocycles. The van der Waals surface area contributed by atoms with Gasteiger partial charge in [-0.2, -0.15) is 13.2 Å². The lowest BCUT2D eigenvalue weighted by molar-refractivity contribution is -0.140. The average molecular weight is 509 g/mol. The number of rotatable bonds is 4. The topological polar surface area (TPSA) is 87.4 Å². The van der Waals surface area contributed by atoms with Crippen LogP contribution in [0.25, 0.3) is 0 Å². The molecule has 2 aliphatic heterocycles. The molecule has 2 fully saturated rings. The van der Waals surface area contributed by atoms with Crippen LogP contribution in [-0.2, 0) is 24.1 Å². The summed E-state index contributed by atoms with van der Waals surface area (Å²) in [5.41, 5.74) is 6.72. The van der Waals surface area contributed by atoms with Crippen LogP contribution in [0.1, 0.15) is 54.6 Å². The molecule has 5 rings (SSSR count). The van der Waals surface area contributed by atoms with Gasteiger partial charge < -0.3 is 20.9 Å². The summed E-state index contributed by atoms with van der Waals surface area (Å²) in [5, 5.41) is 3.19. The van der Waals surface area contributed by atoms with E-state index in [0.717, 1.165) is 43.5 Å². The SMILES string of the molecule is C[C@@H](Nc1nc(Cl)nc2c1CN(C(=O)C1CC[C@H]3CN(C)C3C1)C2)c1cc(N)cc(C(F)(F)F)c1. The monoisotopic (exact) mass is 508 g/mol. The number of nitrogens with one attached hydrogen (secondary N) is 1. The van der Waals surface area contributed by atoms with Gasteiger partial charge in [0, 0.05) is 29.8 Å². The number of hydrogen-bond acceptors (Lipinski definition) is 6. The van der Waals surface area contributed by atoms with Gasteiger partial charge in [0.2, 0.25) is 11.2 Å². The standard InChI is InChI=1S/C24H28ClF3N6O/c1-12(15-5-16(24(26,27)28)8-17(29)6-15)30-21-18-10-34(11-19(18)31-23(25)32-21)22(35)13-3-4-14-9-33(2)20(14)7-13/h5-6,8,12-14,20H,3-4,7,9-11,29H2,1-2H3,(H,30,31,32)/t12-,13?,14+,20?/m1/s1. The van der Waals surface area contributed by atoms with E-state index in [0.29, 0.717) is 42.1 Å². The maximum absolute atomic E-state index is 13.3. The fourth-order valence-electron chi connectivity index (χ4n) is 5.69. The quantitative estimate of drug-likeness (QED) is 0.468. The fourth-order valence-corrected chi connectivity index (χ4v) is 5.88. The lowest BCUT2D eigenvalue weighted by Crippen LogP contribution is -2.57. The lowest BCUT2D eigenvalue weighted by atomic mass is 9.72. The van der Waals surface area contributed by atoms with Gasteiger partial charge in [-0.15, -0.1) is 0 Å². The fraction of sp³-hybridized carbons (Fsp3) is 0.542. The van der Waals surface area contributed by atoms with Crippen LogP contribution in [0, 0.1) is 11.8 Å². The minimum Gasteiger partial charge on any atom is -0.399 e. The number of anilines is 2. The molecule has 2 aromatic rings. The number of nitrogen functional groups attached to an aromatic ring is 1. The van der Waals surface area contributed by atoms with Crippen molar-refractivity contribution < 1.29 is 18.0 Å². The number of amides is 1. The molecule has 3 aliphatic rings. The van der Waals surface area contributed by atoms with E-state index in [1.807, 2.05) is 0 Å². The second-order valence-electron chi connectivity index (χ2n) is 9.99. The van der Waals surface area contributed by atoms with Crippen LogP contribution in [0.2, 0.25) is 5.28 Å². The van der Waals surface area contributed by atoms with Gasteiger partial charge in [0.1, 0.15) is 5.82 Å². The van der Waals surface area contributed by atoms with Crippen molar-refractivity contribution in [1.29, 1.82) is 0 Å². The van der Waals surface area contributed by atoms with E-state index in [4.69, 9.17) is 17.3 Å². The van der Waals surface area contributed by atoms with Gasteiger partial charge in [0.25, 0.3) is 0 Å². The summed E-state index contributed by atoms with van der Waals surface area (Å²) >= 11 is 6.16. The minimum atomic E-state index is -4.50. The first-order valence-electron chi connectivity index (χ1n) is 11.8. The maximum atomic E-state index is 13.3. The zero-order valence-corrected chi connectivity index (χ0v) is 20.3. The van der Waals surface area contributed by atoms with Gasteiger partial charge >= 0.3 is 6.18 Å². The van der Waals surface area contributed by atoms with Crippen molar-refractivity contribution in [2.24, 2.45) is 11.8 Å². The van der Waals surface area contributed by atoms with Crippen molar-refractivity contribution >= 4 is 29.0 Å². The number of likely N-dealkylation sites (tertiary alicyclic amines) is 1. The maximum Gasteiger partial charge on any atom is 0.416 e. The number of hydrogen-bond donors (Lipinski definition) is 2. The molecule has 4 atom stereocenters. The number of benzene rings is 1. The van der Waals surface area contributed by atoms with Gasteiger partial charge in [-0.3, -0.25) is 4.79 Å². The Labute approximate surface area is 206 Å². The van der Waals surface area contributed by atoms with Crippen molar-refractivity contribution in [1.82, 2.24) is 19.8 Å². The number of fused-ring (bicyclic) bond motifs is 2. The minimum absolute atomic E-state index is 0.0137. The second-order valence-corrected chi connectivity index (χ2v) is 10.3. The summed E-state index contributed by atoms with van der Waals surface area (Å²) in [6, 6.07) is 3.42. The summed E-state index contributed by atoms with van der Waals surface area (Å²) < 4.78 is 39.8. The number of aromatic nitrogens is 2. The van der Waals surface area contributed by atoms with Crippen LogP contribution in [-0.4, -0.2) is 45.3 Å². The molecule has 0 spiro atoms. The van der Waals surface area contributed by atoms with Crippen LogP contribution in [0.4, 0.5) is 24.7 Å². The smallest absolute Gasteiger partial charge is 0.399 e. The molecule has 7 nitrogen and oxygen atoms in total. The number of carbonyl (C=O) groups is 1. The van der Waals surface area contributed by atoms with E-state index in [2.05, 4.69) is 27.2 Å². The van der Waals surface area contributed by atoms with E-state index in [1.165, 1.54) is 6.07 Å². The zero-order valence-electron chi connectivity index (χ0n) is 19.6. The molecule has 35 heavy (non-hydrogen) atoms. The molecule has 11 heteroatoms. The first-order chi connectivity index (χ1) is 16.5. The van der Waals surface area contributed by atoms with Gasteiger partial charge in [0.15, 0.2) is 0 Å². The lowest BCUT2D eigenvalue weighted by Gasteiger charge is -2.51. The predicted molar refractivity (Wildman–Crippen MR) is 126 cm³/mol. The van der Waals surface area contributed by atoms with E-state index in [-0.39, 0.29) is 22.8 Å². The van der Waals surface area contributed by atoms with Crippen molar-refractivity contribution in [2.75, 3.05) is 24.6 Å². The molecule has 1 aromatic heterocycles. The highest BCUT2D eigenvalue weighted by Gasteiger charge is 2.44. The van der Waals surface area contributed by atoms with Crippen molar-refractivity contribution in [3.63, 3.8) is 0 Å². The van der Waals surface area contributed by atoms with Crippen LogP contribution >= 0.6 is 11.6 Å². The summed E-state index contributed by atoms with van der Waals surface area (Å²) in [7, 11) is 2.11. The molecule has 1 saturated carbocycles. The second kappa shape index (κ2) is 8.81. The molecule has 188 valence electrons. The van der Waals surface area contributed by atoms with Crippen molar-refractivity contribution in [3.8, 4) is 0 Å². The van der Waals surface area contributed by atoms with Gasteiger partial charge in [-0.1, -0.05) is 0 Å². The Hall–Kier alpha value is -2.59. The Morgan fingerprint density at radius 2 is 2.00 bits per heavy atom. The highest BCUT2D eigenvalue weighted by atomic mass is 35.5. The first kappa shape index (κ1) is 24.1. The summed E-state index contributed by atoms with van der Waals surface area (Å²) in [4.78, 5) is 26.1. The molecular weight excluding hydrogens is 481 g/mol. The van der Waals surface area contributed by atoms with Crippen LogP contribution in [0.15, 0.2) is 18.2 Å². The van der Waals surface area contributed by atoms with E-state index in [9.17, 15) is 18.0 Å². The van der Waals surface area contributed by atoms with Crippen LogP contribution < -0.4 is 11.1 Å². The van der Waals surface area contributed by atoms with E-state index < -0.39 is 17.8 Å². The third-order valence-corrected chi connectivity index (χ3v) is 7.79. The molecule has 0 radical (unpaired) electrons. The Morgan fingerprint density at radius 1 is 1.23 bits per heavy atom. The number of nitrogens with zero attached hydrogens (tertiary/aromatic N) is 4. The van der Waals surface area contributed by atoms with Crippen molar-refractivity contribution in [2.45, 2.75) is 57.5 Å². The normalized spacial score (nSPS) is 25.0. The number of halogens is 4. The molecular formula is C24H28ClF3N6O. The Kier molecular flexibility index (Phi) is 6.07. The number of nitrogens with two attached hydrogens (primary N) is 1. The van der Waals surface area contributed by atoms with E-state index >= 15 is 0 Å². The third-order valence-electron chi connectivity index (χ3n) is 7.62. The molecule has 1 saturated heterocycles. The molecule has 3 N–H and O–H groups in total. The molecule has 1 aliphatic carbocycles. The molecule has 0 bridgehead atoms. The number of alkyl halides is 3.